The summed E-state index contributed by atoms with van der Waals surface area (Å²) >= 11 is 1.64. The zero-order valence-corrected chi connectivity index (χ0v) is 23.4. The fraction of sp³-hybridized carbons (Fsp3) is 0.552. The highest BCUT2D eigenvalue weighted by Crippen LogP contribution is 2.71. The lowest BCUT2D eigenvalue weighted by Crippen LogP contribution is -2.57. The van der Waals surface area contributed by atoms with Crippen LogP contribution in [0, 0.1) is 25.7 Å². The van der Waals surface area contributed by atoms with Gasteiger partial charge in [0.05, 0.1) is 29.2 Å². The number of rotatable bonds is 9. The zero-order chi connectivity index (χ0) is 27.3. The molecule has 1 aromatic rings. The summed E-state index contributed by atoms with van der Waals surface area (Å²) in [5, 5.41) is 10.1. The molecule has 0 saturated carbocycles. The minimum Gasteiger partial charge on any atom is -0.394 e. The van der Waals surface area contributed by atoms with Crippen LogP contribution in [0.2, 0.25) is 0 Å². The largest absolute Gasteiger partial charge is 0.394 e. The molecule has 8 heteroatoms. The van der Waals surface area contributed by atoms with Crippen LogP contribution in [0.4, 0.5) is 5.69 Å². The average Bonchev–Trinajstić information content (AvgIpc) is 3.42. The molecule has 0 radical (unpaired) electrons. The van der Waals surface area contributed by atoms with Crippen molar-refractivity contribution in [2.24, 2.45) is 11.8 Å². The number of nitrogens with zero attached hydrogens (tertiary/aromatic N) is 3. The van der Waals surface area contributed by atoms with Crippen molar-refractivity contribution in [3.05, 3.63) is 54.6 Å². The second-order valence-electron chi connectivity index (χ2n) is 11.0. The van der Waals surface area contributed by atoms with Gasteiger partial charge >= 0.3 is 0 Å². The number of fused-ring (bicyclic) bond motifs is 1. The van der Waals surface area contributed by atoms with Crippen LogP contribution >= 0.6 is 11.8 Å². The van der Waals surface area contributed by atoms with Crippen molar-refractivity contribution in [1.82, 2.24) is 9.80 Å². The van der Waals surface area contributed by atoms with Crippen molar-refractivity contribution in [3.63, 3.8) is 0 Å². The molecule has 3 heterocycles. The van der Waals surface area contributed by atoms with Crippen LogP contribution < -0.4 is 4.90 Å². The maximum Gasteiger partial charge on any atom is 0.251 e. The lowest BCUT2D eigenvalue weighted by molar-refractivity contribution is -0.145. The summed E-state index contributed by atoms with van der Waals surface area (Å²) in [5.74, 6) is -1.64. The number of likely N-dealkylation sites (tertiary alicyclic amines) is 1. The number of hydrogen-bond donors (Lipinski definition) is 1. The van der Waals surface area contributed by atoms with Crippen molar-refractivity contribution < 1.29 is 19.5 Å². The van der Waals surface area contributed by atoms with Crippen molar-refractivity contribution in [2.45, 2.75) is 62.1 Å². The van der Waals surface area contributed by atoms with Gasteiger partial charge in [-0.2, -0.15) is 0 Å². The molecule has 0 aromatic heterocycles. The molecule has 3 fully saturated rings. The topological polar surface area (TPSA) is 81.2 Å². The van der Waals surface area contributed by atoms with Crippen molar-refractivity contribution in [3.8, 4) is 0 Å². The molecular formula is C29H39N3O4S. The third-order valence-electron chi connectivity index (χ3n) is 8.52. The third-order valence-corrected chi connectivity index (χ3v) is 10.5. The summed E-state index contributed by atoms with van der Waals surface area (Å²) in [6.07, 6.45) is 4.79. The first-order chi connectivity index (χ1) is 17.5. The first-order valence-corrected chi connectivity index (χ1v) is 13.8. The Morgan fingerprint density at radius 3 is 2.38 bits per heavy atom. The number of carbonyl (C=O) groups excluding carboxylic acids is 3. The van der Waals surface area contributed by atoms with Gasteiger partial charge in [-0.05, 0) is 51.7 Å². The van der Waals surface area contributed by atoms with E-state index in [0.29, 0.717) is 19.5 Å². The predicted molar refractivity (Wildman–Crippen MR) is 148 cm³/mol. The number of para-hydroxylation sites is 1. The quantitative estimate of drug-likeness (QED) is 0.501. The molecule has 3 amide bonds. The van der Waals surface area contributed by atoms with E-state index < -0.39 is 33.4 Å². The van der Waals surface area contributed by atoms with Crippen molar-refractivity contribution in [1.29, 1.82) is 0 Å². The Morgan fingerprint density at radius 1 is 1.19 bits per heavy atom. The fourth-order valence-corrected chi connectivity index (χ4v) is 9.23. The van der Waals surface area contributed by atoms with Crippen LogP contribution in [0.25, 0.3) is 0 Å². The number of aliphatic hydroxyl groups excluding tert-OH is 1. The minimum atomic E-state index is -0.791. The van der Waals surface area contributed by atoms with Gasteiger partial charge in [-0.25, -0.2) is 0 Å². The third kappa shape index (κ3) is 4.04. The Bertz CT molecular complexity index is 1120. The average molecular weight is 526 g/mol. The minimum absolute atomic E-state index is 0.0859. The molecule has 2 unspecified atom stereocenters. The highest BCUT2D eigenvalue weighted by Gasteiger charge is 2.77. The Kier molecular flexibility index (Phi) is 7.38. The lowest BCUT2D eigenvalue weighted by atomic mass is 9.66. The number of likely N-dealkylation sites (N-methyl/N-ethyl adjacent to an activating group) is 1. The molecular weight excluding hydrogens is 486 g/mol. The van der Waals surface area contributed by atoms with Crippen molar-refractivity contribution >= 4 is 35.2 Å². The molecule has 200 valence electrons. The van der Waals surface area contributed by atoms with E-state index in [4.69, 9.17) is 0 Å². The summed E-state index contributed by atoms with van der Waals surface area (Å²) in [4.78, 5) is 47.5. The summed E-state index contributed by atoms with van der Waals surface area (Å²) in [5.41, 5.74) is 2.74. The van der Waals surface area contributed by atoms with Gasteiger partial charge in [0.2, 0.25) is 11.8 Å². The van der Waals surface area contributed by atoms with Gasteiger partial charge in [0.15, 0.2) is 0 Å². The highest BCUT2D eigenvalue weighted by atomic mass is 32.2. The van der Waals surface area contributed by atoms with E-state index in [-0.39, 0.29) is 24.3 Å². The van der Waals surface area contributed by atoms with Crippen LogP contribution in [-0.2, 0) is 14.4 Å². The number of carbonyl (C=O) groups is 3. The molecule has 0 aliphatic carbocycles. The number of thioether (sulfide) groups is 1. The van der Waals surface area contributed by atoms with Crippen LogP contribution in [-0.4, -0.2) is 80.9 Å². The zero-order valence-electron chi connectivity index (χ0n) is 22.6. The number of benzene rings is 1. The Balaban J connectivity index is 1.86. The van der Waals surface area contributed by atoms with Crippen LogP contribution in [0.15, 0.2) is 43.5 Å². The van der Waals surface area contributed by atoms with Gasteiger partial charge in [-0.1, -0.05) is 30.4 Å². The molecule has 6 atom stereocenters. The Morgan fingerprint density at radius 2 is 1.81 bits per heavy atom. The van der Waals surface area contributed by atoms with Crippen molar-refractivity contribution in [2.75, 3.05) is 31.6 Å². The molecule has 3 aliphatic rings. The lowest BCUT2D eigenvalue weighted by Gasteiger charge is -2.39. The van der Waals surface area contributed by atoms with Gasteiger partial charge in [0, 0.05) is 30.6 Å². The second kappa shape index (κ2) is 9.95. The van der Waals surface area contributed by atoms with E-state index in [1.54, 1.807) is 52.6 Å². The normalized spacial score (nSPS) is 30.7. The Hall–Kier alpha value is -2.58. The number of amides is 3. The van der Waals surface area contributed by atoms with Crippen LogP contribution in [0.1, 0.15) is 37.8 Å². The molecule has 1 N–H and O–H groups in total. The van der Waals surface area contributed by atoms with E-state index in [0.717, 1.165) is 23.2 Å². The number of hydrogen-bond acceptors (Lipinski definition) is 5. The summed E-state index contributed by atoms with van der Waals surface area (Å²) in [7, 11) is 1.74. The van der Waals surface area contributed by atoms with Gasteiger partial charge in [0.25, 0.3) is 5.91 Å². The standard InChI is InChI=1S/C29H39N3O4S/c1-8-15-30(7)25(34)21-22-26(35)32(20(5)17-33)24(29(22)14-13-28(21,6)37-29)27(36)31(16-9-2)23-18(3)11-10-12-19(23)4/h8-12,20-22,24,33H,1-2,13-17H2,3-7H3/t20-,21+,22+,24?,28-,29?/m1/s1. The molecule has 2 bridgehead atoms. The first-order valence-electron chi connectivity index (χ1n) is 13.0. The smallest absolute Gasteiger partial charge is 0.251 e. The molecule has 4 rings (SSSR count). The van der Waals surface area contributed by atoms with E-state index in [9.17, 15) is 19.5 Å². The number of anilines is 1. The van der Waals surface area contributed by atoms with E-state index >= 15 is 0 Å². The molecule has 3 saturated heterocycles. The van der Waals surface area contributed by atoms with Gasteiger partial charge in [-0.15, -0.1) is 24.9 Å². The number of aliphatic hydroxyl groups is 1. The van der Waals surface area contributed by atoms with E-state index in [1.807, 2.05) is 32.0 Å². The monoisotopic (exact) mass is 525 g/mol. The Labute approximate surface area is 224 Å². The van der Waals surface area contributed by atoms with Gasteiger partial charge in [-0.3, -0.25) is 14.4 Å². The molecule has 3 aliphatic heterocycles. The maximum absolute atomic E-state index is 14.6. The second-order valence-corrected chi connectivity index (χ2v) is 12.9. The molecule has 1 spiro atoms. The van der Waals surface area contributed by atoms with Gasteiger partial charge in [0.1, 0.15) is 6.04 Å². The summed E-state index contributed by atoms with van der Waals surface area (Å²) < 4.78 is -1.18. The summed E-state index contributed by atoms with van der Waals surface area (Å²) in [6.45, 7) is 15.9. The molecule has 1 aromatic carbocycles. The SMILES string of the molecule is C=CCN(C)C(=O)[C@@H]1[C@H]2C(=O)N([C@H](C)CO)C(C(=O)N(CC=C)c3c(C)cccc3C)C23CC[C@@]1(C)S3. The van der Waals surface area contributed by atoms with Gasteiger partial charge < -0.3 is 19.8 Å². The summed E-state index contributed by atoms with van der Waals surface area (Å²) in [6, 6.07) is 4.56. The maximum atomic E-state index is 14.6. The van der Waals surface area contributed by atoms with Crippen LogP contribution in [0.5, 0.6) is 0 Å². The van der Waals surface area contributed by atoms with E-state index in [2.05, 4.69) is 20.1 Å². The highest BCUT2D eigenvalue weighted by molar-refractivity contribution is 8.02. The van der Waals surface area contributed by atoms with E-state index in [1.165, 1.54) is 0 Å². The molecule has 37 heavy (non-hydrogen) atoms. The first kappa shape index (κ1) is 27.5. The number of aryl methyl sites for hydroxylation is 2. The predicted octanol–water partition coefficient (Wildman–Crippen LogP) is 3.33. The van der Waals surface area contributed by atoms with Crippen LogP contribution in [0.3, 0.4) is 0 Å². The fourth-order valence-electron chi connectivity index (χ4n) is 6.90. The molecule has 7 nitrogen and oxygen atoms in total.